The highest BCUT2D eigenvalue weighted by atomic mass is 32.2. The zero-order valence-electron chi connectivity index (χ0n) is 15.6. The van der Waals surface area contributed by atoms with Gasteiger partial charge >= 0.3 is 0 Å². The van der Waals surface area contributed by atoms with E-state index in [-0.39, 0.29) is 10.8 Å². The Balaban J connectivity index is 1.70. The second kappa shape index (κ2) is 8.14. The molecular formula is C21H21N3O3S. The number of rotatable bonds is 6. The van der Waals surface area contributed by atoms with Crippen molar-refractivity contribution >= 4 is 38.7 Å². The van der Waals surface area contributed by atoms with E-state index in [9.17, 15) is 13.2 Å². The summed E-state index contributed by atoms with van der Waals surface area (Å²) in [6.45, 7) is 3.41. The van der Waals surface area contributed by atoms with Crippen molar-refractivity contribution in [3.63, 3.8) is 0 Å². The van der Waals surface area contributed by atoms with Crippen molar-refractivity contribution in [3.05, 3.63) is 78.4 Å². The summed E-state index contributed by atoms with van der Waals surface area (Å²) in [6, 6.07) is 20.9. The van der Waals surface area contributed by atoms with Crippen LogP contribution in [0.1, 0.15) is 12.5 Å². The van der Waals surface area contributed by atoms with Gasteiger partial charge in [-0.15, -0.1) is 0 Å². The van der Waals surface area contributed by atoms with Crippen molar-refractivity contribution < 1.29 is 13.2 Å². The monoisotopic (exact) mass is 395 g/mol. The molecular weight excluding hydrogens is 374 g/mol. The lowest BCUT2D eigenvalue weighted by Crippen LogP contribution is -2.13. The number of anilines is 4. The first-order chi connectivity index (χ1) is 13.3. The number of benzene rings is 3. The van der Waals surface area contributed by atoms with Gasteiger partial charge in [0.05, 0.1) is 4.90 Å². The molecule has 0 fully saturated rings. The van der Waals surface area contributed by atoms with Crippen LogP contribution in [-0.2, 0) is 14.8 Å². The first-order valence-electron chi connectivity index (χ1n) is 8.67. The third kappa shape index (κ3) is 4.89. The first-order valence-corrected chi connectivity index (χ1v) is 10.1. The topological polar surface area (TPSA) is 87.3 Å². The Morgan fingerprint density at radius 2 is 1.36 bits per heavy atom. The van der Waals surface area contributed by atoms with Gasteiger partial charge in [0, 0.05) is 29.7 Å². The minimum atomic E-state index is -3.72. The van der Waals surface area contributed by atoms with Gasteiger partial charge < -0.3 is 10.6 Å². The molecule has 3 rings (SSSR count). The molecule has 144 valence electrons. The molecule has 0 saturated heterocycles. The number of hydrogen-bond donors (Lipinski definition) is 3. The van der Waals surface area contributed by atoms with Crippen LogP contribution in [0.3, 0.4) is 0 Å². The maximum atomic E-state index is 12.5. The second-order valence-corrected chi connectivity index (χ2v) is 8.01. The second-order valence-electron chi connectivity index (χ2n) is 6.33. The van der Waals surface area contributed by atoms with Gasteiger partial charge in [0.25, 0.3) is 10.0 Å². The average Bonchev–Trinajstić information content (AvgIpc) is 2.65. The largest absolute Gasteiger partial charge is 0.355 e. The maximum Gasteiger partial charge on any atom is 0.261 e. The number of nitrogens with one attached hydrogen (secondary N) is 3. The van der Waals surface area contributed by atoms with E-state index in [1.54, 1.807) is 24.3 Å². The summed E-state index contributed by atoms with van der Waals surface area (Å²) in [4.78, 5) is 11.2. The summed E-state index contributed by atoms with van der Waals surface area (Å²) in [5, 5.41) is 5.91. The smallest absolute Gasteiger partial charge is 0.261 e. The Morgan fingerprint density at radius 1 is 0.786 bits per heavy atom. The highest BCUT2D eigenvalue weighted by molar-refractivity contribution is 7.92. The quantitative estimate of drug-likeness (QED) is 0.574. The molecule has 0 aromatic heterocycles. The van der Waals surface area contributed by atoms with Crippen LogP contribution >= 0.6 is 0 Å². The Kier molecular flexibility index (Phi) is 5.65. The van der Waals surface area contributed by atoms with Crippen molar-refractivity contribution in [1.29, 1.82) is 0 Å². The Hall–Kier alpha value is -3.32. The van der Waals surface area contributed by atoms with Crippen molar-refractivity contribution in [2.45, 2.75) is 18.7 Å². The summed E-state index contributed by atoms with van der Waals surface area (Å²) in [5.41, 5.74) is 3.97. The van der Waals surface area contributed by atoms with Crippen LogP contribution in [0, 0.1) is 6.92 Å². The van der Waals surface area contributed by atoms with Gasteiger partial charge in [-0.25, -0.2) is 8.42 Å². The Morgan fingerprint density at radius 3 is 1.96 bits per heavy atom. The predicted molar refractivity (Wildman–Crippen MR) is 112 cm³/mol. The zero-order chi connectivity index (χ0) is 20.1. The van der Waals surface area contributed by atoms with Crippen molar-refractivity contribution in [2.75, 3.05) is 15.4 Å². The van der Waals surface area contributed by atoms with E-state index in [4.69, 9.17) is 0 Å². The van der Waals surface area contributed by atoms with Crippen LogP contribution in [0.15, 0.2) is 77.7 Å². The van der Waals surface area contributed by atoms with Crippen LogP contribution < -0.4 is 15.4 Å². The highest BCUT2D eigenvalue weighted by Crippen LogP contribution is 2.23. The highest BCUT2D eigenvalue weighted by Gasteiger charge is 2.14. The van der Waals surface area contributed by atoms with Gasteiger partial charge in [-0.3, -0.25) is 9.52 Å². The summed E-state index contributed by atoms with van der Waals surface area (Å²) in [5.74, 6) is -0.215. The third-order valence-electron chi connectivity index (χ3n) is 4.05. The van der Waals surface area contributed by atoms with E-state index in [0.29, 0.717) is 11.4 Å². The van der Waals surface area contributed by atoms with E-state index in [2.05, 4.69) is 15.4 Å². The van der Waals surface area contributed by atoms with E-state index in [1.165, 1.54) is 19.1 Å². The molecule has 0 aliphatic carbocycles. The number of carbonyl (C=O) groups is 1. The lowest BCUT2D eigenvalue weighted by molar-refractivity contribution is -0.114. The van der Waals surface area contributed by atoms with Crippen LogP contribution in [0.5, 0.6) is 0 Å². The molecule has 0 atom stereocenters. The molecule has 0 aliphatic rings. The van der Waals surface area contributed by atoms with Crippen LogP contribution in [-0.4, -0.2) is 14.3 Å². The van der Waals surface area contributed by atoms with Crippen LogP contribution in [0.25, 0.3) is 0 Å². The standard InChI is InChI=1S/C21H21N3O3S/c1-15-5-3-4-6-21(15)23-18-7-9-19(10-8-18)24-28(26,27)20-13-11-17(12-14-20)22-16(2)25/h3-14,23-24H,1-2H3,(H,22,25). The molecule has 1 amide bonds. The fraction of sp³-hybridized carbons (Fsp3) is 0.0952. The molecule has 28 heavy (non-hydrogen) atoms. The average molecular weight is 395 g/mol. The lowest BCUT2D eigenvalue weighted by Gasteiger charge is -2.12. The molecule has 6 nitrogen and oxygen atoms in total. The minimum absolute atomic E-state index is 0.115. The fourth-order valence-corrected chi connectivity index (χ4v) is 3.68. The maximum absolute atomic E-state index is 12.5. The molecule has 0 unspecified atom stereocenters. The number of sulfonamides is 1. The molecule has 3 N–H and O–H groups in total. The zero-order valence-corrected chi connectivity index (χ0v) is 16.4. The number of para-hydroxylation sites is 1. The Labute approximate surface area is 164 Å². The third-order valence-corrected chi connectivity index (χ3v) is 5.44. The van der Waals surface area contributed by atoms with Gasteiger partial charge in [-0.2, -0.15) is 0 Å². The van der Waals surface area contributed by atoms with E-state index in [1.807, 2.05) is 43.3 Å². The normalized spacial score (nSPS) is 10.9. The number of hydrogen-bond acceptors (Lipinski definition) is 4. The van der Waals surface area contributed by atoms with E-state index >= 15 is 0 Å². The van der Waals surface area contributed by atoms with Crippen molar-refractivity contribution in [3.8, 4) is 0 Å². The van der Waals surface area contributed by atoms with Gasteiger partial charge in [-0.1, -0.05) is 18.2 Å². The molecule has 0 bridgehead atoms. The summed E-state index contributed by atoms with van der Waals surface area (Å²) in [6.07, 6.45) is 0. The number of aryl methyl sites for hydroxylation is 1. The van der Waals surface area contributed by atoms with Crippen molar-refractivity contribution in [1.82, 2.24) is 0 Å². The van der Waals surface area contributed by atoms with E-state index in [0.717, 1.165) is 16.9 Å². The van der Waals surface area contributed by atoms with Gasteiger partial charge in [0.15, 0.2) is 0 Å². The minimum Gasteiger partial charge on any atom is -0.355 e. The lowest BCUT2D eigenvalue weighted by atomic mass is 10.2. The molecule has 0 aliphatic heterocycles. The molecule has 0 heterocycles. The number of amides is 1. The summed E-state index contributed by atoms with van der Waals surface area (Å²) >= 11 is 0. The molecule has 3 aromatic rings. The van der Waals surface area contributed by atoms with E-state index < -0.39 is 10.0 Å². The number of carbonyl (C=O) groups excluding carboxylic acids is 1. The molecule has 0 saturated carbocycles. The molecule has 0 spiro atoms. The van der Waals surface area contributed by atoms with Gasteiger partial charge in [0.2, 0.25) is 5.91 Å². The SMILES string of the molecule is CC(=O)Nc1ccc(S(=O)(=O)Nc2ccc(Nc3ccccc3C)cc2)cc1. The summed E-state index contributed by atoms with van der Waals surface area (Å²) < 4.78 is 27.6. The van der Waals surface area contributed by atoms with Crippen LogP contribution in [0.2, 0.25) is 0 Å². The summed E-state index contributed by atoms with van der Waals surface area (Å²) in [7, 11) is -3.72. The van der Waals surface area contributed by atoms with Crippen molar-refractivity contribution in [2.24, 2.45) is 0 Å². The Bertz CT molecular complexity index is 1080. The molecule has 3 aromatic carbocycles. The van der Waals surface area contributed by atoms with Gasteiger partial charge in [-0.05, 0) is 67.1 Å². The molecule has 7 heteroatoms. The fourth-order valence-electron chi connectivity index (χ4n) is 2.63. The first kappa shape index (κ1) is 19.4. The molecule has 0 radical (unpaired) electrons. The van der Waals surface area contributed by atoms with Gasteiger partial charge in [0.1, 0.15) is 0 Å². The predicted octanol–water partition coefficient (Wildman–Crippen LogP) is 4.50. The van der Waals surface area contributed by atoms with Crippen LogP contribution in [0.4, 0.5) is 22.7 Å².